The Morgan fingerprint density at radius 1 is 0.725 bits per heavy atom. The molecule has 4 aromatic carbocycles. The van der Waals surface area contributed by atoms with Gasteiger partial charge in [0.15, 0.2) is 0 Å². The summed E-state index contributed by atoms with van der Waals surface area (Å²) in [6, 6.07) is 30.2. The molecule has 1 unspecified atom stereocenters. The van der Waals surface area contributed by atoms with Crippen LogP contribution in [0.1, 0.15) is 33.0 Å². The lowest BCUT2D eigenvalue weighted by atomic mass is 9.97. The van der Waals surface area contributed by atoms with E-state index in [1.165, 1.54) is 0 Å². The molecule has 0 aliphatic heterocycles. The van der Waals surface area contributed by atoms with Crippen LogP contribution in [0.5, 0.6) is 17.2 Å². The van der Waals surface area contributed by atoms with Crippen molar-refractivity contribution in [1.29, 1.82) is 0 Å². The van der Waals surface area contributed by atoms with E-state index < -0.39 is 5.92 Å². The number of carbonyl (C=O) groups excluding carboxylic acids is 2. The first-order chi connectivity index (χ1) is 19.4. The highest BCUT2D eigenvalue weighted by atomic mass is 16.5. The van der Waals surface area contributed by atoms with E-state index in [-0.39, 0.29) is 18.4 Å². The average molecular weight is 538 g/mol. The highest BCUT2D eigenvalue weighted by Crippen LogP contribution is 2.25. The molecule has 0 aliphatic rings. The minimum Gasteiger partial charge on any atom is -0.497 e. The van der Waals surface area contributed by atoms with Crippen LogP contribution in [0.4, 0.5) is 5.69 Å². The van der Waals surface area contributed by atoms with Crippen molar-refractivity contribution >= 4 is 17.5 Å². The SMILES string of the molecule is COc1ccc(NCCNC(=O)C(CNC(=O)c2cccc(C)c2)c2ccc(Oc3ccc(C)cc3)cc2)cc1. The third-order valence-electron chi connectivity index (χ3n) is 6.45. The van der Waals surface area contributed by atoms with Gasteiger partial charge in [-0.05, 0) is 80.1 Å². The molecule has 0 aromatic heterocycles. The van der Waals surface area contributed by atoms with Crippen molar-refractivity contribution < 1.29 is 19.1 Å². The summed E-state index contributed by atoms with van der Waals surface area (Å²) in [4.78, 5) is 26.1. The lowest BCUT2D eigenvalue weighted by molar-refractivity contribution is -0.122. The second-order valence-corrected chi connectivity index (χ2v) is 9.56. The summed E-state index contributed by atoms with van der Waals surface area (Å²) in [7, 11) is 1.63. The summed E-state index contributed by atoms with van der Waals surface area (Å²) in [6.07, 6.45) is 0. The lowest BCUT2D eigenvalue weighted by Gasteiger charge is -2.19. The molecule has 3 N–H and O–H groups in total. The quantitative estimate of drug-likeness (QED) is 0.198. The molecule has 2 amide bonds. The molecule has 206 valence electrons. The van der Waals surface area contributed by atoms with Crippen molar-refractivity contribution in [3.8, 4) is 17.2 Å². The molecule has 7 heteroatoms. The van der Waals surface area contributed by atoms with E-state index in [1.807, 2.05) is 105 Å². The monoisotopic (exact) mass is 537 g/mol. The molecule has 7 nitrogen and oxygen atoms in total. The third-order valence-corrected chi connectivity index (χ3v) is 6.45. The Balaban J connectivity index is 1.40. The Hall–Kier alpha value is -4.78. The van der Waals surface area contributed by atoms with Crippen molar-refractivity contribution in [2.45, 2.75) is 19.8 Å². The van der Waals surface area contributed by atoms with E-state index in [0.717, 1.165) is 33.9 Å². The molecule has 4 aromatic rings. The number of carbonyl (C=O) groups is 2. The van der Waals surface area contributed by atoms with Crippen LogP contribution in [0.15, 0.2) is 97.1 Å². The number of methoxy groups -OCH3 is 1. The Labute approximate surface area is 235 Å². The zero-order valence-electron chi connectivity index (χ0n) is 23.1. The maximum Gasteiger partial charge on any atom is 0.251 e. The van der Waals surface area contributed by atoms with Crippen LogP contribution in [0.25, 0.3) is 0 Å². The van der Waals surface area contributed by atoms with Gasteiger partial charge in [0, 0.05) is 30.9 Å². The van der Waals surface area contributed by atoms with Crippen LogP contribution in [0, 0.1) is 13.8 Å². The molecule has 1 atom stereocenters. The van der Waals surface area contributed by atoms with Gasteiger partial charge in [0.1, 0.15) is 17.2 Å². The Bertz CT molecular complexity index is 1400. The standard InChI is InChI=1S/C33H35N3O4/c1-23-7-13-29(14-8-23)40-30-15-9-25(10-16-30)31(22-36-32(37)26-6-4-5-24(2)21-26)33(38)35-20-19-34-27-11-17-28(39-3)18-12-27/h4-18,21,31,34H,19-20,22H2,1-3H3,(H,35,38)(H,36,37). The predicted octanol–water partition coefficient (Wildman–Crippen LogP) is 5.85. The number of nitrogens with one attached hydrogen (secondary N) is 3. The first-order valence-electron chi connectivity index (χ1n) is 13.3. The van der Waals surface area contributed by atoms with Gasteiger partial charge in [-0.3, -0.25) is 9.59 Å². The van der Waals surface area contributed by atoms with Gasteiger partial charge in [-0.1, -0.05) is 47.5 Å². The molecule has 0 aliphatic carbocycles. The predicted molar refractivity (Wildman–Crippen MR) is 158 cm³/mol. The summed E-state index contributed by atoms with van der Waals surface area (Å²) in [6.45, 7) is 5.08. The molecule has 40 heavy (non-hydrogen) atoms. The fourth-order valence-electron chi connectivity index (χ4n) is 4.18. The number of benzene rings is 4. The van der Waals surface area contributed by atoms with Crippen LogP contribution in [0.2, 0.25) is 0 Å². The van der Waals surface area contributed by atoms with Gasteiger partial charge in [0.2, 0.25) is 5.91 Å². The van der Waals surface area contributed by atoms with Crippen molar-refractivity contribution in [3.63, 3.8) is 0 Å². The van der Waals surface area contributed by atoms with E-state index in [9.17, 15) is 9.59 Å². The summed E-state index contributed by atoms with van der Waals surface area (Å²) in [5.41, 5.74) is 4.42. The number of hydrogen-bond donors (Lipinski definition) is 3. The summed E-state index contributed by atoms with van der Waals surface area (Å²) in [5.74, 6) is 1.21. The van der Waals surface area contributed by atoms with Crippen molar-refractivity contribution in [1.82, 2.24) is 10.6 Å². The minimum atomic E-state index is -0.580. The molecule has 0 bridgehead atoms. The zero-order chi connectivity index (χ0) is 28.3. The van der Waals surface area contributed by atoms with E-state index in [4.69, 9.17) is 9.47 Å². The molecule has 0 spiro atoms. The molecular weight excluding hydrogens is 502 g/mol. The number of aryl methyl sites for hydroxylation is 2. The highest BCUT2D eigenvalue weighted by molar-refractivity contribution is 5.95. The molecule has 0 fully saturated rings. The first kappa shape index (κ1) is 28.2. The van der Waals surface area contributed by atoms with Crippen LogP contribution in [-0.2, 0) is 4.79 Å². The number of ether oxygens (including phenoxy) is 2. The molecule has 0 saturated carbocycles. The van der Waals surface area contributed by atoms with E-state index in [0.29, 0.717) is 24.4 Å². The maximum absolute atomic E-state index is 13.3. The number of amides is 2. The van der Waals surface area contributed by atoms with E-state index >= 15 is 0 Å². The fraction of sp³-hybridized carbons (Fsp3) is 0.212. The third kappa shape index (κ3) is 8.11. The Morgan fingerprint density at radius 3 is 2.02 bits per heavy atom. The summed E-state index contributed by atoms with van der Waals surface area (Å²) in [5, 5.41) is 9.22. The van der Waals surface area contributed by atoms with Gasteiger partial charge in [-0.15, -0.1) is 0 Å². The number of rotatable bonds is 12. The largest absolute Gasteiger partial charge is 0.497 e. The molecule has 0 radical (unpaired) electrons. The highest BCUT2D eigenvalue weighted by Gasteiger charge is 2.22. The topological polar surface area (TPSA) is 88.7 Å². The van der Waals surface area contributed by atoms with Crippen LogP contribution >= 0.6 is 0 Å². The van der Waals surface area contributed by atoms with Gasteiger partial charge < -0.3 is 25.4 Å². The smallest absolute Gasteiger partial charge is 0.251 e. The van der Waals surface area contributed by atoms with Crippen LogP contribution in [0.3, 0.4) is 0 Å². The second-order valence-electron chi connectivity index (χ2n) is 9.56. The van der Waals surface area contributed by atoms with Crippen LogP contribution in [-0.4, -0.2) is 38.6 Å². The summed E-state index contributed by atoms with van der Waals surface area (Å²) >= 11 is 0. The van der Waals surface area contributed by atoms with Gasteiger partial charge in [-0.2, -0.15) is 0 Å². The lowest BCUT2D eigenvalue weighted by Crippen LogP contribution is -2.39. The van der Waals surface area contributed by atoms with Crippen molar-refractivity contribution in [3.05, 3.63) is 119 Å². The fourth-order valence-corrected chi connectivity index (χ4v) is 4.18. The zero-order valence-corrected chi connectivity index (χ0v) is 23.1. The van der Waals surface area contributed by atoms with Crippen LogP contribution < -0.4 is 25.4 Å². The molecular formula is C33H35N3O4. The maximum atomic E-state index is 13.3. The normalized spacial score (nSPS) is 11.3. The minimum absolute atomic E-state index is 0.155. The van der Waals surface area contributed by atoms with Gasteiger partial charge in [0.25, 0.3) is 5.91 Å². The Morgan fingerprint density at radius 2 is 1.38 bits per heavy atom. The van der Waals surface area contributed by atoms with Crippen molar-refractivity contribution in [2.75, 3.05) is 32.1 Å². The summed E-state index contributed by atoms with van der Waals surface area (Å²) < 4.78 is 11.1. The van der Waals surface area contributed by atoms with Gasteiger partial charge in [0.05, 0.1) is 13.0 Å². The molecule has 0 heterocycles. The average Bonchev–Trinajstić information content (AvgIpc) is 2.97. The molecule has 0 saturated heterocycles. The molecule has 4 rings (SSSR count). The number of anilines is 1. The van der Waals surface area contributed by atoms with Crippen molar-refractivity contribution in [2.24, 2.45) is 0 Å². The second kappa shape index (κ2) is 13.8. The Kier molecular flexibility index (Phi) is 9.77. The van der Waals surface area contributed by atoms with E-state index in [1.54, 1.807) is 13.2 Å². The van der Waals surface area contributed by atoms with Gasteiger partial charge >= 0.3 is 0 Å². The van der Waals surface area contributed by atoms with E-state index in [2.05, 4.69) is 16.0 Å². The number of hydrogen-bond acceptors (Lipinski definition) is 5. The first-order valence-corrected chi connectivity index (χ1v) is 13.3. The van der Waals surface area contributed by atoms with Gasteiger partial charge in [-0.25, -0.2) is 0 Å².